The summed E-state index contributed by atoms with van der Waals surface area (Å²) < 4.78 is 27.0. The maximum Gasteiger partial charge on any atom is 0.263 e. The van der Waals surface area contributed by atoms with Crippen LogP contribution in [0.4, 0.5) is 17.6 Å². The number of benzene rings is 1. The first-order valence-electron chi connectivity index (χ1n) is 6.28. The number of rotatable bonds is 5. The van der Waals surface area contributed by atoms with Crippen LogP contribution in [0, 0.1) is 6.92 Å². The molecule has 0 atom stereocenters. The summed E-state index contributed by atoms with van der Waals surface area (Å²) in [5.41, 5.74) is 0.992. The van der Waals surface area contributed by atoms with Crippen LogP contribution in [-0.2, 0) is 10.0 Å². The molecular formula is C13H17N5O2S. The molecule has 2 aromatic rings. The highest BCUT2D eigenvalue weighted by atomic mass is 32.2. The Bertz CT molecular complexity index is 706. The zero-order valence-corrected chi connectivity index (χ0v) is 12.8. The van der Waals surface area contributed by atoms with Crippen LogP contribution in [0.1, 0.15) is 5.56 Å². The van der Waals surface area contributed by atoms with Crippen molar-refractivity contribution in [1.82, 2.24) is 9.97 Å². The van der Waals surface area contributed by atoms with Gasteiger partial charge in [0.25, 0.3) is 10.0 Å². The van der Waals surface area contributed by atoms with E-state index < -0.39 is 10.0 Å². The van der Waals surface area contributed by atoms with E-state index in [4.69, 9.17) is 0 Å². The van der Waals surface area contributed by atoms with E-state index in [-0.39, 0.29) is 10.7 Å². The molecule has 1 aromatic heterocycles. The molecule has 3 N–H and O–H groups in total. The van der Waals surface area contributed by atoms with Gasteiger partial charge < -0.3 is 10.6 Å². The van der Waals surface area contributed by atoms with Crippen molar-refractivity contribution in [3.05, 3.63) is 35.9 Å². The first kappa shape index (κ1) is 15.0. The maximum atomic E-state index is 12.3. The molecule has 0 radical (unpaired) electrons. The lowest BCUT2D eigenvalue weighted by Gasteiger charge is -2.10. The Hall–Kier alpha value is -2.35. The van der Waals surface area contributed by atoms with Crippen LogP contribution in [0.2, 0.25) is 0 Å². The smallest absolute Gasteiger partial charge is 0.263 e. The Morgan fingerprint density at radius 3 is 2.14 bits per heavy atom. The fourth-order valence-corrected chi connectivity index (χ4v) is 2.65. The fourth-order valence-electron chi connectivity index (χ4n) is 1.65. The molecule has 112 valence electrons. The van der Waals surface area contributed by atoms with E-state index in [1.165, 1.54) is 6.07 Å². The summed E-state index contributed by atoms with van der Waals surface area (Å²) in [4.78, 5) is 8.38. The van der Waals surface area contributed by atoms with Crippen LogP contribution in [0.3, 0.4) is 0 Å². The molecule has 0 fully saturated rings. The van der Waals surface area contributed by atoms with Crippen LogP contribution in [0.15, 0.2) is 35.2 Å². The maximum absolute atomic E-state index is 12.3. The molecule has 0 spiro atoms. The number of anilines is 3. The van der Waals surface area contributed by atoms with Gasteiger partial charge in [-0.2, -0.15) is 9.97 Å². The Morgan fingerprint density at radius 1 is 0.952 bits per heavy atom. The summed E-state index contributed by atoms with van der Waals surface area (Å²) in [6, 6.07) is 8.11. The van der Waals surface area contributed by atoms with Gasteiger partial charge in [-0.05, 0) is 19.1 Å². The Kier molecular flexibility index (Phi) is 4.27. The Balaban J connectivity index is 2.34. The third-order valence-corrected chi connectivity index (χ3v) is 4.15. The number of sulfonamides is 1. The molecule has 0 aliphatic heterocycles. The van der Waals surface area contributed by atoms with Gasteiger partial charge >= 0.3 is 0 Å². The largest absolute Gasteiger partial charge is 0.373 e. The quantitative estimate of drug-likeness (QED) is 0.777. The molecule has 21 heavy (non-hydrogen) atoms. The summed E-state index contributed by atoms with van der Waals surface area (Å²) in [5, 5.41) is 5.63. The van der Waals surface area contributed by atoms with E-state index >= 15 is 0 Å². The summed E-state index contributed by atoms with van der Waals surface area (Å²) >= 11 is 0. The number of hydrogen-bond acceptors (Lipinski definition) is 6. The fraction of sp³-hybridized carbons (Fsp3) is 0.231. The average molecular weight is 307 g/mol. The van der Waals surface area contributed by atoms with Crippen LogP contribution >= 0.6 is 0 Å². The lowest BCUT2D eigenvalue weighted by Crippen LogP contribution is -2.15. The highest BCUT2D eigenvalue weighted by Gasteiger charge is 2.15. The molecule has 7 nitrogen and oxygen atoms in total. The van der Waals surface area contributed by atoms with Crippen molar-refractivity contribution in [3.8, 4) is 0 Å². The van der Waals surface area contributed by atoms with Gasteiger partial charge in [0.2, 0.25) is 5.95 Å². The summed E-state index contributed by atoms with van der Waals surface area (Å²) in [7, 11) is -0.322. The third kappa shape index (κ3) is 3.60. The molecule has 1 heterocycles. The van der Waals surface area contributed by atoms with Gasteiger partial charge in [0, 0.05) is 20.2 Å². The second-order valence-corrected chi connectivity index (χ2v) is 6.06. The van der Waals surface area contributed by atoms with Crippen molar-refractivity contribution in [2.75, 3.05) is 29.5 Å². The van der Waals surface area contributed by atoms with E-state index in [2.05, 4.69) is 25.3 Å². The second kappa shape index (κ2) is 5.96. The van der Waals surface area contributed by atoms with E-state index in [1.54, 1.807) is 38.4 Å². The van der Waals surface area contributed by atoms with Crippen LogP contribution in [0.5, 0.6) is 0 Å². The van der Waals surface area contributed by atoms with Gasteiger partial charge in [0.05, 0.1) is 4.90 Å². The number of aromatic nitrogens is 2. The standard InChI is InChI=1S/C13H17N5O2S/c1-9-4-6-10(7-5-9)21(19,20)18-12-8-11(14-2)16-13(15-3)17-12/h4-8H,1-3H3,(H3,14,15,16,17,18). The monoisotopic (exact) mass is 307 g/mol. The molecule has 0 saturated heterocycles. The third-order valence-electron chi connectivity index (χ3n) is 2.78. The van der Waals surface area contributed by atoms with Crippen LogP contribution in [0.25, 0.3) is 0 Å². The average Bonchev–Trinajstić information content (AvgIpc) is 2.46. The Morgan fingerprint density at radius 2 is 1.57 bits per heavy atom. The molecule has 2 rings (SSSR count). The SMILES string of the molecule is CNc1cc(NS(=O)(=O)c2ccc(C)cc2)nc(NC)n1. The minimum atomic E-state index is -3.68. The normalized spacial score (nSPS) is 11.0. The van der Waals surface area contributed by atoms with Crippen molar-refractivity contribution < 1.29 is 8.42 Å². The first-order valence-corrected chi connectivity index (χ1v) is 7.77. The molecule has 1 aromatic carbocycles. The number of nitrogens with zero attached hydrogens (tertiary/aromatic N) is 2. The van der Waals surface area contributed by atoms with E-state index in [0.717, 1.165) is 5.56 Å². The first-order chi connectivity index (χ1) is 9.94. The molecule has 8 heteroatoms. The second-order valence-electron chi connectivity index (χ2n) is 4.38. The number of hydrogen-bond donors (Lipinski definition) is 3. The predicted octanol–water partition coefficient (Wildman–Crippen LogP) is 1.67. The zero-order chi connectivity index (χ0) is 15.5. The lowest BCUT2D eigenvalue weighted by atomic mass is 10.2. The summed E-state index contributed by atoms with van der Waals surface area (Å²) in [6.07, 6.45) is 0. The van der Waals surface area contributed by atoms with E-state index in [1.807, 2.05) is 6.92 Å². The molecule has 0 amide bonds. The van der Waals surface area contributed by atoms with Gasteiger partial charge in [-0.25, -0.2) is 8.42 Å². The van der Waals surface area contributed by atoms with Crippen molar-refractivity contribution >= 4 is 27.6 Å². The van der Waals surface area contributed by atoms with Crippen molar-refractivity contribution in [2.24, 2.45) is 0 Å². The Labute approximate surface area is 123 Å². The van der Waals surface area contributed by atoms with Crippen molar-refractivity contribution in [1.29, 1.82) is 0 Å². The van der Waals surface area contributed by atoms with E-state index in [0.29, 0.717) is 11.8 Å². The van der Waals surface area contributed by atoms with Crippen LogP contribution < -0.4 is 15.4 Å². The highest BCUT2D eigenvalue weighted by molar-refractivity contribution is 7.92. The topological polar surface area (TPSA) is 96.0 Å². The summed E-state index contributed by atoms with van der Waals surface area (Å²) in [5.74, 6) is 1.03. The highest BCUT2D eigenvalue weighted by Crippen LogP contribution is 2.18. The minimum Gasteiger partial charge on any atom is -0.373 e. The molecule has 0 aliphatic rings. The summed E-state index contributed by atoms with van der Waals surface area (Å²) in [6.45, 7) is 1.90. The molecule has 0 bridgehead atoms. The predicted molar refractivity (Wildman–Crippen MR) is 83.1 cm³/mol. The molecule has 0 saturated carbocycles. The molecular weight excluding hydrogens is 290 g/mol. The van der Waals surface area contributed by atoms with Crippen LogP contribution in [-0.4, -0.2) is 32.5 Å². The van der Waals surface area contributed by atoms with Gasteiger partial charge in [0.15, 0.2) is 0 Å². The number of nitrogens with one attached hydrogen (secondary N) is 3. The van der Waals surface area contributed by atoms with Crippen molar-refractivity contribution in [3.63, 3.8) is 0 Å². The van der Waals surface area contributed by atoms with Gasteiger partial charge in [-0.3, -0.25) is 4.72 Å². The van der Waals surface area contributed by atoms with Crippen molar-refractivity contribution in [2.45, 2.75) is 11.8 Å². The zero-order valence-electron chi connectivity index (χ0n) is 12.0. The minimum absolute atomic E-state index is 0.184. The number of aryl methyl sites for hydroxylation is 1. The van der Waals surface area contributed by atoms with Gasteiger partial charge in [-0.1, -0.05) is 17.7 Å². The molecule has 0 unspecified atom stereocenters. The van der Waals surface area contributed by atoms with Gasteiger partial charge in [0.1, 0.15) is 11.6 Å². The lowest BCUT2D eigenvalue weighted by molar-refractivity contribution is 0.601. The van der Waals surface area contributed by atoms with E-state index in [9.17, 15) is 8.42 Å². The molecule has 0 aliphatic carbocycles. The van der Waals surface area contributed by atoms with Gasteiger partial charge in [-0.15, -0.1) is 0 Å².